The number of esters is 1. The van der Waals surface area contributed by atoms with Crippen molar-refractivity contribution < 1.29 is 19.1 Å². The summed E-state index contributed by atoms with van der Waals surface area (Å²) in [6.45, 7) is 2.14. The Kier molecular flexibility index (Phi) is 6.31. The fraction of sp³-hybridized carbons (Fsp3) is 0.346. The van der Waals surface area contributed by atoms with Gasteiger partial charge in [-0.1, -0.05) is 48.5 Å². The van der Waals surface area contributed by atoms with E-state index in [4.69, 9.17) is 9.47 Å². The number of methoxy groups -OCH3 is 1. The quantitative estimate of drug-likeness (QED) is 0.641. The number of nitrogens with zero attached hydrogens (tertiary/aromatic N) is 1. The second-order valence-corrected chi connectivity index (χ2v) is 7.99. The highest BCUT2D eigenvalue weighted by Crippen LogP contribution is 2.46. The second-order valence-electron chi connectivity index (χ2n) is 7.99. The van der Waals surface area contributed by atoms with Crippen molar-refractivity contribution in [1.82, 2.24) is 0 Å². The molecule has 0 bridgehead atoms. The zero-order valence-corrected chi connectivity index (χ0v) is 18.0. The van der Waals surface area contributed by atoms with Gasteiger partial charge in [-0.3, -0.25) is 14.6 Å². The van der Waals surface area contributed by atoms with E-state index in [0.29, 0.717) is 29.9 Å². The van der Waals surface area contributed by atoms with Gasteiger partial charge in [0.15, 0.2) is 5.78 Å². The van der Waals surface area contributed by atoms with Crippen molar-refractivity contribution in [3.05, 3.63) is 77.0 Å². The SMILES string of the molecule is COc1ccccc1[C@H]1C2=C(CCCC2=O)N=C(C)C1C(=O)OCCc1ccccc1. The molecule has 5 nitrogen and oxygen atoms in total. The molecule has 4 rings (SSSR count). The van der Waals surface area contributed by atoms with Crippen LogP contribution in [0.1, 0.15) is 43.2 Å². The van der Waals surface area contributed by atoms with E-state index in [9.17, 15) is 9.59 Å². The third-order valence-electron chi connectivity index (χ3n) is 6.04. The molecule has 1 unspecified atom stereocenters. The first-order chi connectivity index (χ1) is 15.1. The maximum absolute atomic E-state index is 13.3. The lowest BCUT2D eigenvalue weighted by molar-refractivity contribution is -0.146. The summed E-state index contributed by atoms with van der Waals surface area (Å²) in [6.07, 6.45) is 2.66. The van der Waals surface area contributed by atoms with Crippen LogP contribution in [-0.2, 0) is 20.7 Å². The fourth-order valence-corrected chi connectivity index (χ4v) is 4.58. The number of hydrogen-bond acceptors (Lipinski definition) is 5. The zero-order valence-electron chi connectivity index (χ0n) is 18.0. The van der Waals surface area contributed by atoms with Crippen molar-refractivity contribution in [2.24, 2.45) is 10.9 Å². The number of ether oxygens (including phenoxy) is 2. The standard InChI is InChI=1S/C26H27NO4/c1-17-23(26(29)31-16-15-18-9-4-3-5-10-18)24(19-11-6-7-14-22(19)30-2)25-20(27-17)12-8-13-21(25)28/h3-7,9-11,14,23-24H,8,12-13,15-16H2,1-2H3/t23?,24-/m1/s1. The molecule has 2 aliphatic rings. The Balaban J connectivity index is 1.66. The lowest BCUT2D eigenvalue weighted by Gasteiger charge is -2.35. The van der Waals surface area contributed by atoms with Crippen molar-refractivity contribution in [2.45, 2.75) is 38.5 Å². The highest BCUT2D eigenvalue weighted by molar-refractivity contribution is 6.09. The molecule has 0 radical (unpaired) electrons. The zero-order chi connectivity index (χ0) is 21.8. The summed E-state index contributed by atoms with van der Waals surface area (Å²) in [5.41, 5.74) is 4.07. The first kappa shape index (κ1) is 21.0. The van der Waals surface area contributed by atoms with Gasteiger partial charge in [0.25, 0.3) is 0 Å². The molecule has 31 heavy (non-hydrogen) atoms. The molecule has 1 heterocycles. The van der Waals surface area contributed by atoms with Gasteiger partial charge in [-0.25, -0.2) is 0 Å². The Morgan fingerprint density at radius 1 is 1.06 bits per heavy atom. The Bertz CT molecular complexity index is 1040. The van der Waals surface area contributed by atoms with Gasteiger partial charge in [-0.05, 0) is 31.4 Å². The predicted molar refractivity (Wildman–Crippen MR) is 119 cm³/mol. The van der Waals surface area contributed by atoms with Crippen molar-refractivity contribution >= 4 is 17.5 Å². The van der Waals surface area contributed by atoms with Crippen molar-refractivity contribution in [1.29, 1.82) is 0 Å². The lowest BCUT2D eigenvalue weighted by atomic mass is 9.71. The maximum atomic E-state index is 13.3. The topological polar surface area (TPSA) is 65.0 Å². The van der Waals surface area contributed by atoms with Gasteiger partial charge >= 0.3 is 5.97 Å². The maximum Gasteiger partial charge on any atom is 0.315 e. The summed E-state index contributed by atoms with van der Waals surface area (Å²) < 4.78 is 11.3. The molecule has 0 aromatic heterocycles. The van der Waals surface area contributed by atoms with Crippen LogP contribution in [0.5, 0.6) is 5.75 Å². The highest BCUT2D eigenvalue weighted by Gasteiger charge is 2.44. The van der Waals surface area contributed by atoms with Crippen LogP contribution in [0.2, 0.25) is 0 Å². The van der Waals surface area contributed by atoms with Crippen LogP contribution >= 0.6 is 0 Å². The van der Waals surface area contributed by atoms with Crippen LogP contribution in [-0.4, -0.2) is 31.2 Å². The van der Waals surface area contributed by atoms with Gasteiger partial charge in [0.05, 0.1) is 13.7 Å². The molecule has 0 N–H and O–H groups in total. The Hall–Kier alpha value is -3.21. The van der Waals surface area contributed by atoms with Gasteiger partial charge in [0.1, 0.15) is 11.7 Å². The number of benzene rings is 2. The fourth-order valence-electron chi connectivity index (χ4n) is 4.58. The van der Waals surface area contributed by atoms with Gasteiger partial charge < -0.3 is 9.47 Å². The normalized spacial score (nSPS) is 20.7. The summed E-state index contributed by atoms with van der Waals surface area (Å²) in [5.74, 6) is -0.712. The first-order valence-corrected chi connectivity index (χ1v) is 10.7. The number of para-hydroxylation sites is 1. The highest BCUT2D eigenvalue weighted by atomic mass is 16.5. The average Bonchev–Trinajstić information content (AvgIpc) is 2.79. The summed E-state index contributed by atoms with van der Waals surface area (Å²) >= 11 is 0. The Morgan fingerprint density at radius 2 is 1.81 bits per heavy atom. The number of Topliss-reactive ketones (excluding diaryl/α,β-unsaturated/α-hetero) is 1. The Morgan fingerprint density at radius 3 is 2.58 bits per heavy atom. The number of carbonyl (C=O) groups excluding carboxylic acids is 2. The van der Waals surface area contributed by atoms with E-state index >= 15 is 0 Å². The molecule has 0 spiro atoms. The molecule has 0 saturated carbocycles. The molecule has 0 amide bonds. The molecule has 1 aliphatic heterocycles. The third kappa shape index (κ3) is 4.31. The predicted octanol–water partition coefficient (Wildman–Crippen LogP) is 4.66. The lowest BCUT2D eigenvalue weighted by Crippen LogP contribution is -2.37. The summed E-state index contributed by atoms with van der Waals surface area (Å²) in [5, 5.41) is 0. The van der Waals surface area contributed by atoms with Crippen LogP contribution < -0.4 is 4.74 Å². The van der Waals surface area contributed by atoms with E-state index in [0.717, 1.165) is 29.7 Å². The summed E-state index contributed by atoms with van der Waals surface area (Å²) in [4.78, 5) is 30.9. The van der Waals surface area contributed by atoms with Crippen LogP contribution in [0.15, 0.2) is 70.9 Å². The molecule has 5 heteroatoms. The third-order valence-corrected chi connectivity index (χ3v) is 6.04. The molecule has 1 aliphatic carbocycles. The van der Waals surface area contributed by atoms with Crippen LogP contribution in [0, 0.1) is 5.92 Å². The summed E-state index contributed by atoms with van der Waals surface area (Å²) in [6, 6.07) is 17.5. The molecular formula is C26H27NO4. The van der Waals surface area contributed by atoms with Crippen molar-refractivity contribution in [3.63, 3.8) is 0 Å². The van der Waals surface area contributed by atoms with Crippen LogP contribution in [0.3, 0.4) is 0 Å². The van der Waals surface area contributed by atoms with E-state index < -0.39 is 11.8 Å². The Labute approximate surface area is 182 Å². The van der Waals surface area contributed by atoms with Crippen molar-refractivity contribution in [2.75, 3.05) is 13.7 Å². The van der Waals surface area contributed by atoms with Crippen LogP contribution in [0.25, 0.3) is 0 Å². The second kappa shape index (κ2) is 9.29. The minimum Gasteiger partial charge on any atom is -0.496 e. The largest absolute Gasteiger partial charge is 0.496 e. The average molecular weight is 418 g/mol. The molecule has 2 aromatic carbocycles. The van der Waals surface area contributed by atoms with E-state index in [1.807, 2.05) is 61.5 Å². The van der Waals surface area contributed by atoms with E-state index in [1.54, 1.807) is 7.11 Å². The molecule has 2 atom stereocenters. The number of allylic oxidation sites excluding steroid dienone is 2. The first-order valence-electron chi connectivity index (χ1n) is 10.7. The minimum atomic E-state index is -0.645. The van der Waals surface area contributed by atoms with Crippen molar-refractivity contribution in [3.8, 4) is 5.75 Å². The van der Waals surface area contributed by atoms with E-state index in [1.165, 1.54) is 0 Å². The molecular weight excluding hydrogens is 390 g/mol. The number of hydrogen-bond donors (Lipinski definition) is 0. The van der Waals surface area contributed by atoms with Gasteiger partial charge in [-0.15, -0.1) is 0 Å². The molecule has 2 aromatic rings. The molecule has 160 valence electrons. The van der Waals surface area contributed by atoms with E-state index in [-0.39, 0.29) is 18.4 Å². The van der Waals surface area contributed by atoms with E-state index in [2.05, 4.69) is 4.99 Å². The number of carbonyl (C=O) groups is 2. The van der Waals surface area contributed by atoms with Gasteiger partial charge in [0, 0.05) is 41.3 Å². The summed E-state index contributed by atoms with van der Waals surface area (Å²) in [7, 11) is 1.60. The van der Waals surface area contributed by atoms with Gasteiger partial charge in [0.2, 0.25) is 0 Å². The van der Waals surface area contributed by atoms with Crippen LogP contribution in [0.4, 0.5) is 0 Å². The number of aliphatic imine (C=N–C) groups is 1. The monoisotopic (exact) mass is 417 g/mol. The smallest absolute Gasteiger partial charge is 0.315 e. The van der Waals surface area contributed by atoms with Gasteiger partial charge in [-0.2, -0.15) is 0 Å². The molecule has 0 fully saturated rings. The number of rotatable bonds is 6. The molecule has 0 saturated heterocycles. The minimum absolute atomic E-state index is 0.0653. The number of ketones is 1.